The van der Waals surface area contributed by atoms with Crippen LogP contribution in [0.15, 0.2) is 48.5 Å². The summed E-state index contributed by atoms with van der Waals surface area (Å²) in [7, 11) is 0. The maximum atomic E-state index is 13.6. The Kier molecular flexibility index (Phi) is 5.56. The fourth-order valence-corrected chi connectivity index (χ4v) is 2.22. The van der Waals surface area contributed by atoms with E-state index in [1.807, 2.05) is 0 Å². The Morgan fingerprint density at radius 1 is 1.12 bits per heavy atom. The van der Waals surface area contributed by atoms with Gasteiger partial charge in [0.1, 0.15) is 5.82 Å². The molecule has 1 atom stereocenters. The summed E-state index contributed by atoms with van der Waals surface area (Å²) in [6.07, 6.45) is -4.59. The summed E-state index contributed by atoms with van der Waals surface area (Å²) < 4.78 is 51.6. The monoisotopic (exact) mass is 341 g/mol. The molecule has 2 aromatic carbocycles. The van der Waals surface area contributed by atoms with Crippen molar-refractivity contribution in [1.82, 2.24) is 5.32 Å². The molecule has 0 aliphatic rings. The van der Waals surface area contributed by atoms with E-state index < -0.39 is 42.5 Å². The fraction of sp³-hybridized carbons (Fsp3) is 0.235. The van der Waals surface area contributed by atoms with Gasteiger partial charge in [-0.1, -0.05) is 30.3 Å². The molecule has 1 unspecified atom stereocenters. The second kappa shape index (κ2) is 7.44. The van der Waals surface area contributed by atoms with Gasteiger partial charge >= 0.3 is 6.18 Å². The Labute approximate surface area is 135 Å². The zero-order valence-corrected chi connectivity index (χ0v) is 12.5. The number of aliphatic hydroxyl groups is 1. The molecule has 0 fully saturated rings. The molecule has 0 radical (unpaired) electrons. The molecule has 0 saturated heterocycles. The summed E-state index contributed by atoms with van der Waals surface area (Å²) in [5, 5.41) is 11.7. The van der Waals surface area contributed by atoms with Gasteiger partial charge in [-0.3, -0.25) is 4.79 Å². The molecular weight excluding hydrogens is 326 g/mol. The standard InChI is InChI=1S/C17H15F4NO2/c18-15-7-6-13(17(19,20)21)8-12(15)9-22-16(24)14(10-23)11-4-2-1-3-5-11/h1-8,14,23H,9-10H2,(H,22,24). The van der Waals surface area contributed by atoms with Crippen molar-refractivity contribution in [3.63, 3.8) is 0 Å². The highest BCUT2D eigenvalue weighted by atomic mass is 19.4. The molecule has 1 amide bonds. The van der Waals surface area contributed by atoms with E-state index in [0.717, 1.165) is 0 Å². The smallest absolute Gasteiger partial charge is 0.395 e. The highest BCUT2D eigenvalue weighted by Gasteiger charge is 2.31. The average molecular weight is 341 g/mol. The van der Waals surface area contributed by atoms with Crippen molar-refractivity contribution in [2.24, 2.45) is 0 Å². The number of amides is 1. The molecule has 2 rings (SSSR count). The largest absolute Gasteiger partial charge is 0.416 e. The number of rotatable bonds is 5. The highest BCUT2D eigenvalue weighted by Crippen LogP contribution is 2.30. The van der Waals surface area contributed by atoms with Crippen LogP contribution >= 0.6 is 0 Å². The molecular formula is C17H15F4NO2. The van der Waals surface area contributed by atoms with E-state index in [-0.39, 0.29) is 5.56 Å². The van der Waals surface area contributed by atoms with Crippen LogP contribution in [0.3, 0.4) is 0 Å². The molecule has 0 spiro atoms. The number of benzene rings is 2. The molecule has 128 valence electrons. The minimum Gasteiger partial charge on any atom is -0.395 e. The van der Waals surface area contributed by atoms with Crippen molar-refractivity contribution >= 4 is 5.91 Å². The predicted molar refractivity (Wildman–Crippen MR) is 79.5 cm³/mol. The molecule has 0 aliphatic carbocycles. The van der Waals surface area contributed by atoms with Gasteiger partial charge in [0.2, 0.25) is 5.91 Å². The van der Waals surface area contributed by atoms with Crippen molar-refractivity contribution in [1.29, 1.82) is 0 Å². The lowest BCUT2D eigenvalue weighted by molar-refractivity contribution is -0.137. The van der Waals surface area contributed by atoms with E-state index in [2.05, 4.69) is 5.32 Å². The van der Waals surface area contributed by atoms with Gasteiger partial charge in [0, 0.05) is 12.1 Å². The Morgan fingerprint density at radius 3 is 2.38 bits per heavy atom. The fourth-order valence-electron chi connectivity index (χ4n) is 2.22. The molecule has 2 N–H and O–H groups in total. The SMILES string of the molecule is O=C(NCc1cc(C(F)(F)F)ccc1F)C(CO)c1ccccc1. The van der Waals surface area contributed by atoms with Crippen LogP contribution < -0.4 is 5.32 Å². The first-order valence-electron chi connectivity index (χ1n) is 7.12. The second-order valence-electron chi connectivity index (χ2n) is 5.17. The first-order valence-corrected chi connectivity index (χ1v) is 7.12. The number of hydrogen-bond acceptors (Lipinski definition) is 2. The highest BCUT2D eigenvalue weighted by molar-refractivity contribution is 5.83. The number of alkyl halides is 3. The first-order chi connectivity index (χ1) is 11.3. The van der Waals surface area contributed by atoms with E-state index in [9.17, 15) is 27.5 Å². The maximum absolute atomic E-state index is 13.6. The van der Waals surface area contributed by atoms with Gasteiger partial charge in [0.25, 0.3) is 0 Å². The molecule has 24 heavy (non-hydrogen) atoms. The van der Waals surface area contributed by atoms with Crippen LogP contribution in [-0.4, -0.2) is 17.6 Å². The quantitative estimate of drug-likeness (QED) is 0.821. The molecule has 7 heteroatoms. The Hall–Kier alpha value is -2.41. The van der Waals surface area contributed by atoms with Gasteiger partial charge in [-0.15, -0.1) is 0 Å². The summed E-state index contributed by atoms with van der Waals surface area (Å²) in [5.41, 5.74) is -0.708. The Balaban J connectivity index is 2.11. The van der Waals surface area contributed by atoms with Gasteiger partial charge in [0.05, 0.1) is 18.1 Å². The number of carbonyl (C=O) groups is 1. The summed E-state index contributed by atoms with van der Waals surface area (Å²) in [4.78, 5) is 12.1. The average Bonchev–Trinajstić information content (AvgIpc) is 2.54. The summed E-state index contributed by atoms with van der Waals surface area (Å²) in [6, 6.07) is 10.4. The lowest BCUT2D eigenvalue weighted by atomic mass is 9.99. The van der Waals surface area contributed by atoms with E-state index in [4.69, 9.17) is 0 Å². The van der Waals surface area contributed by atoms with Crippen molar-refractivity contribution in [2.75, 3.05) is 6.61 Å². The molecule has 0 aliphatic heterocycles. The predicted octanol–water partition coefficient (Wildman–Crippen LogP) is 3.24. The minimum absolute atomic E-state index is 0.275. The summed E-state index contributed by atoms with van der Waals surface area (Å²) in [6.45, 7) is -0.876. The topological polar surface area (TPSA) is 49.3 Å². The van der Waals surface area contributed by atoms with E-state index in [1.54, 1.807) is 30.3 Å². The van der Waals surface area contributed by atoms with Gasteiger partial charge in [-0.25, -0.2) is 4.39 Å². The summed E-state index contributed by atoms with van der Waals surface area (Å²) >= 11 is 0. The molecule has 0 heterocycles. The molecule has 0 saturated carbocycles. The Bertz CT molecular complexity index is 701. The van der Waals surface area contributed by atoms with Crippen molar-refractivity contribution in [3.8, 4) is 0 Å². The first kappa shape index (κ1) is 17.9. The van der Waals surface area contributed by atoms with Crippen molar-refractivity contribution < 1.29 is 27.5 Å². The maximum Gasteiger partial charge on any atom is 0.416 e. The van der Waals surface area contributed by atoms with Crippen molar-refractivity contribution in [3.05, 3.63) is 71.0 Å². The van der Waals surface area contributed by atoms with Crippen LogP contribution in [0.5, 0.6) is 0 Å². The van der Waals surface area contributed by atoms with Crippen LogP contribution in [0.4, 0.5) is 17.6 Å². The van der Waals surface area contributed by atoms with Crippen LogP contribution in [0.25, 0.3) is 0 Å². The van der Waals surface area contributed by atoms with Crippen LogP contribution in [0.2, 0.25) is 0 Å². The summed E-state index contributed by atoms with van der Waals surface area (Å²) in [5.74, 6) is -2.32. The number of halogens is 4. The third-order valence-electron chi connectivity index (χ3n) is 3.53. The molecule has 0 aromatic heterocycles. The van der Waals surface area contributed by atoms with Gasteiger partial charge < -0.3 is 10.4 Å². The van der Waals surface area contributed by atoms with Crippen LogP contribution in [0.1, 0.15) is 22.6 Å². The van der Waals surface area contributed by atoms with E-state index in [1.165, 1.54) is 0 Å². The lowest BCUT2D eigenvalue weighted by Gasteiger charge is -2.15. The zero-order chi connectivity index (χ0) is 17.7. The number of carbonyl (C=O) groups excluding carboxylic acids is 1. The second-order valence-corrected chi connectivity index (χ2v) is 5.17. The third-order valence-corrected chi connectivity index (χ3v) is 3.53. The van der Waals surface area contributed by atoms with Crippen LogP contribution in [-0.2, 0) is 17.5 Å². The molecule has 2 aromatic rings. The zero-order valence-electron chi connectivity index (χ0n) is 12.5. The van der Waals surface area contributed by atoms with Crippen LogP contribution in [0, 0.1) is 5.82 Å². The molecule has 3 nitrogen and oxygen atoms in total. The number of nitrogens with one attached hydrogen (secondary N) is 1. The van der Waals surface area contributed by atoms with Gasteiger partial charge in [-0.05, 0) is 23.8 Å². The van der Waals surface area contributed by atoms with E-state index in [0.29, 0.717) is 23.8 Å². The number of aliphatic hydroxyl groups excluding tert-OH is 1. The molecule has 0 bridgehead atoms. The minimum atomic E-state index is -4.59. The van der Waals surface area contributed by atoms with E-state index >= 15 is 0 Å². The van der Waals surface area contributed by atoms with Crippen molar-refractivity contribution in [2.45, 2.75) is 18.6 Å². The lowest BCUT2D eigenvalue weighted by Crippen LogP contribution is -2.31. The number of hydrogen-bond donors (Lipinski definition) is 2. The van der Waals surface area contributed by atoms with Gasteiger partial charge in [-0.2, -0.15) is 13.2 Å². The Morgan fingerprint density at radius 2 is 1.79 bits per heavy atom. The van der Waals surface area contributed by atoms with Gasteiger partial charge in [0.15, 0.2) is 0 Å². The normalized spacial score (nSPS) is 12.7. The third kappa shape index (κ3) is 4.32.